The summed E-state index contributed by atoms with van der Waals surface area (Å²) in [5.74, 6) is 1.30. The Labute approximate surface area is 156 Å². The number of carbonyl (C=O) groups excluding carboxylic acids is 2. The van der Waals surface area contributed by atoms with Gasteiger partial charge in [-0.1, -0.05) is 43.8 Å². The molecule has 1 aromatic carbocycles. The van der Waals surface area contributed by atoms with Crippen molar-refractivity contribution in [3.63, 3.8) is 0 Å². The number of piperidine rings is 1. The third kappa shape index (κ3) is 4.17. The first kappa shape index (κ1) is 18.7. The molecule has 0 radical (unpaired) electrons. The number of rotatable bonds is 6. The Morgan fingerprint density at radius 1 is 1.23 bits per heavy atom. The highest BCUT2D eigenvalue weighted by Gasteiger charge is 2.37. The predicted molar refractivity (Wildman–Crippen MR) is 104 cm³/mol. The Bertz CT molecular complexity index is 641. The normalized spacial score (nSPS) is 24.4. The molecule has 2 amide bonds. The molecule has 0 unspecified atom stereocenters. The molecule has 140 valence electrons. The SMILES string of the molecule is C=CC(=O)NC1(CC)CCN(C(=O)CC2CC(c3ccccc3)C2)CC1. The maximum Gasteiger partial charge on any atom is 0.243 e. The lowest BCUT2D eigenvalue weighted by Crippen LogP contribution is -2.55. The van der Waals surface area contributed by atoms with E-state index in [2.05, 4.69) is 43.1 Å². The zero-order valence-corrected chi connectivity index (χ0v) is 15.7. The smallest absolute Gasteiger partial charge is 0.243 e. The fraction of sp³-hybridized carbons (Fsp3) is 0.545. The largest absolute Gasteiger partial charge is 0.347 e. The number of likely N-dealkylation sites (tertiary alicyclic amines) is 1. The van der Waals surface area contributed by atoms with Gasteiger partial charge in [0.1, 0.15) is 0 Å². The van der Waals surface area contributed by atoms with Crippen molar-refractivity contribution in [2.24, 2.45) is 5.92 Å². The van der Waals surface area contributed by atoms with Crippen LogP contribution in [0.5, 0.6) is 0 Å². The lowest BCUT2D eigenvalue weighted by atomic mass is 9.70. The van der Waals surface area contributed by atoms with E-state index in [1.54, 1.807) is 0 Å². The van der Waals surface area contributed by atoms with Gasteiger partial charge >= 0.3 is 0 Å². The van der Waals surface area contributed by atoms with Gasteiger partial charge < -0.3 is 10.2 Å². The molecule has 26 heavy (non-hydrogen) atoms. The second-order valence-corrected chi connectivity index (χ2v) is 7.86. The van der Waals surface area contributed by atoms with Gasteiger partial charge in [-0.3, -0.25) is 9.59 Å². The third-order valence-electron chi connectivity index (χ3n) is 6.29. The number of carbonyl (C=O) groups is 2. The van der Waals surface area contributed by atoms with E-state index >= 15 is 0 Å². The van der Waals surface area contributed by atoms with E-state index in [1.165, 1.54) is 11.6 Å². The molecule has 4 heteroatoms. The quantitative estimate of drug-likeness (QED) is 0.793. The number of amides is 2. The van der Waals surface area contributed by atoms with Crippen LogP contribution in [0.3, 0.4) is 0 Å². The highest BCUT2D eigenvalue weighted by atomic mass is 16.2. The van der Waals surface area contributed by atoms with Crippen molar-refractivity contribution in [2.75, 3.05) is 13.1 Å². The average Bonchev–Trinajstić information content (AvgIpc) is 2.65. The molecular formula is C22H30N2O2. The van der Waals surface area contributed by atoms with Crippen LogP contribution in [0.4, 0.5) is 0 Å². The minimum atomic E-state index is -0.184. The molecule has 2 aliphatic rings. The number of hydrogen-bond donors (Lipinski definition) is 1. The summed E-state index contributed by atoms with van der Waals surface area (Å²) in [6.07, 6.45) is 6.78. The van der Waals surface area contributed by atoms with E-state index < -0.39 is 0 Å². The van der Waals surface area contributed by atoms with E-state index in [1.807, 2.05) is 11.0 Å². The Hall–Kier alpha value is -2.10. The fourth-order valence-corrected chi connectivity index (χ4v) is 4.34. The molecule has 1 N–H and O–H groups in total. The molecule has 1 saturated carbocycles. The van der Waals surface area contributed by atoms with Gasteiger partial charge in [-0.2, -0.15) is 0 Å². The number of nitrogens with zero attached hydrogens (tertiary/aromatic N) is 1. The van der Waals surface area contributed by atoms with Gasteiger partial charge in [0.2, 0.25) is 11.8 Å². The predicted octanol–water partition coefficient (Wildman–Crippen LogP) is 3.64. The van der Waals surface area contributed by atoms with Crippen molar-refractivity contribution >= 4 is 11.8 Å². The summed E-state index contributed by atoms with van der Waals surface area (Å²) >= 11 is 0. The molecule has 0 bridgehead atoms. The summed E-state index contributed by atoms with van der Waals surface area (Å²) in [6, 6.07) is 10.6. The molecule has 1 aliphatic heterocycles. The van der Waals surface area contributed by atoms with Crippen LogP contribution in [0.25, 0.3) is 0 Å². The van der Waals surface area contributed by atoms with Gasteiger partial charge in [0.15, 0.2) is 0 Å². The third-order valence-corrected chi connectivity index (χ3v) is 6.29. The van der Waals surface area contributed by atoms with E-state index in [0.717, 1.165) is 45.2 Å². The van der Waals surface area contributed by atoms with E-state index in [4.69, 9.17) is 0 Å². The lowest BCUT2D eigenvalue weighted by Gasteiger charge is -2.43. The van der Waals surface area contributed by atoms with Crippen LogP contribution in [0.2, 0.25) is 0 Å². The molecular weight excluding hydrogens is 324 g/mol. The van der Waals surface area contributed by atoms with E-state index in [9.17, 15) is 9.59 Å². The Kier molecular flexibility index (Phi) is 5.80. The van der Waals surface area contributed by atoms with Gasteiger partial charge in [-0.25, -0.2) is 0 Å². The van der Waals surface area contributed by atoms with Crippen LogP contribution in [-0.2, 0) is 9.59 Å². The van der Waals surface area contributed by atoms with Gasteiger partial charge in [0.25, 0.3) is 0 Å². The first-order valence-electron chi connectivity index (χ1n) is 9.82. The molecule has 1 aromatic rings. The van der Waals surface area contributed by atoms with Crippen LogP contribution in [0, 0.1) is 5.92 Å². The van der Waals surface area contributed by atoms with E-state index in [0.29, 0.717) is 18.3 Å². The van der Waals surface area contributed by atoms with Crippen LogP contribution in [0.15, 0.2) is 43.0 Å². The van der Waals surface area contributed by atoms with Crippen LogP contribution in [0.1, 0.15) is 56.9 Å². The Balaban J connectivity index is 1.44. The van der Waals surface area contributed by atoms with Crippen molar-refractivity contribution in [2.45, 2.75) is 56.9 Å². The van der Waals surface area contributed by atoms with Gasteiger partial charge in [-0.05, 0) is 55.6 Å². The standard InChI is InChI=1S/C22H30N2O2/c1-3-20(25)23-22(4-2)10-12-24(13-11-22)21(26)16-17-14-19(15-17)18-8-6-5-7-9-18/h3,5-9,17,19H,1,4,10-16H2,2H3,(H,23,25). The zero-order valence-electron chi connectivity index (χ0n) is 15.7. The van der Waals surface area contributed by atoms with Crippen molar-refractivity contribution in [3.05, 3.63) is 48.6 Å². The molecule has 1 heterocycles. The maximum atomic E-state index is 12.6. The molecule has 0 aromatic heterocycles. The molecule has 4 nitrogen and oxygen atoms in total. The molecule has 0 spiro atoms. The molecule has 1 aliphatic carbocycles. The van der Waals surface area contributed by atoms with Crippen molar-refractivity contribution < 1.29 is 9.59 Å². The minimum absolute atomic E-state index is 0.118. The highest BCUT2D eigenvalue weighted by molar-refractivity contribution is 5.87. The number of benzene rings is 1. The minimum Gasteiger partial charge on any atom is -0.347 e. The second kappa shape index (κ2) is 8.07. The van der Waals surface area contributed by atoms with Crippen LogP contribution in [-0.4, -0.2) is 35.3 Å². The first-order valence-corrected chi connectivity index (χ1v) is 9.82. The zero-order chi connectivity index (χ0) is 18.6. The van der Waals surface area contributed by atoms with Crippen molar-refractivity contribution in [3.8, 4) is 0 Å². The molecule has 0 atom stereocenters. The van der Waals surface area contributed by atoms with Crippen molar-refractivity contribution in [1.82, 2.24) is 10.2 Å². The summed E-state index contributed by atoms with van der Waals surface area (Å²) in [6.45, 7) is 7.10. The Morgan fingerprint density at radius 2 is 1.88 bits per heavy atom. The number of hydrogen-bond acceptors (Lipinski definition) is 2. The van der Waals surface area contributed by atoms with Gasteiger partial charge in [0, 0.05) is 25.0 Å². The highest BCUT2D eigenvalue weighted by Crippen LogP contribution is 2.43. The van der Waals surface area contributed by atoms with Crippen LogP contribution < -0.4 is 5.32 Å². The Morgan fingerprint density at radius 3 is 2.46 bits per heavy atom. The average molecular weight is 354 g/mol. The maximum absolute atomic E-state index is 12.6. The summed E-state index contributed by atoms with van der Waals surface area (Å²) in [5.41, 5.74) is 1.22. The summed E-state index contributed by atoms with van der Waals surface area (Å²) in [5, 5.41) is 3.08. The fourth-order valence-electron chi connectivity index (χ4n) is 4.34. The molecule has 1 saturated heterocycles. The van der Waals surface area contributed by atoms with Crippen molar-refractivity contribution in [1.29, 1.82) is 0 Å². The topological polar surface area (TPSA) is 49.4 Å². The summed E-state index contributed by atoms with van der Waals surface area (Å²) < 4.78 is 0. The summed E-state index contributed by atoms with van der Waals surface area (Å²) in [7, 11) is 0. The monoisotopic (exact) mass is 354 g/mol. The number of nitrogens with one attached hydrogen (secondary N) is 1. The van der Waals surface area contributed by atoms with Gasteiger partial charge in [0.05, 0.1) is 0 Å². The first-order chi connectivity index (χ1) is 12.5. The molecule has 3 rings (SSSR count). The molecule has 2 fully saturated rings. The van der Waals surface area contributed by atoms with Crippen LogP contribution >= 0.6 is 0 Å². The second-order valence-electron chi connectivity index (χ2n) is 7.86. The lowest BCUT2D eigenvalue weighted by molar-refractivity contribution is -0.135. The van der Waals surface area contributed by atoms with E-state index in [-0.39, 0.29) is 17.4 Å². The summed E-state index contributed by atoms with van der Waals surface area (Å²) in [4.78, 5) is 26.3. The van der Waals surface area contributed by atoms with Gasteiger partial charge in [-0.15, -0.1) is 0 Å².